The molecule has 0 fully saturated rings. The molecule has 0 heterocycles. The number of primary amides is 1. The van der Waals surface area contributed by atoms with Crippen LogP contribution in [-0.2, 0) is 71.5 Å². The molecule has 0 bridgehead atoms. The van der Waals surface area contributed by atoms with E-state index in [0.717, 1.165) is 48.5 Å². The van der Waals surface area contributed by atoms with Crippen LogP contribution in [0.1, 0.15) is 48.5 Å². The largest absolute Gasteiger partial charge is 0.462 e. The molecule has 0 saturated heterocycles. The zero-order valence-corrected chi connectivity index (χ0v) is 21.9. The van der Waals surface area contributed by atoms with Gasteiger partial charge >= 0.3 is 41.8 Å². The summed E-state index contributed by atoms with van der Waals surface area (Å²) >= 11 is 0. The van der Waals surface area contributed by atoms with E-state index in [1.54, 1.807) is 0 Å². The van der Waals surface area contributed by atoms with Gasteiger partial charge in [0.1, 0.15) is 6.61 Å². The van der Waals surface area contributed by atoms with Gasteiger partial charge in [0, 0.05) is 48.5 Å². The molecule has 16 heteroatoms. The van der Waals surface area contributed by atoms with Crippen molar-refractivity contribution in [1.29, 1.82) is 0 Å². The van der Waals surface area contributed by atoms with Crippen molar-refractivity contribution in [2.24, 2.45) is 5.73 Å². The molecule has 0 aliphatic rings. The Morgan fingerprint density at radius 1 is 0.474 bits per heavy atom. The van der Waals surface area contributed by atoms with Crippen molar-refractivity contribution >= 4 is 47.7 Å². The van der Waals surface area contributed by atoms with Crippen LogP contribution < -0.4 is 5.73 Å². The Balaban J connectivity index is 7.22. The fraction of sp³-hybridized carbons (Fsp3) is 0.636. The van der Waals surface area contributed by atoms with E-state index >= 15 is 0 Å². The Kier molecular flexibility index (Phi) is 14.0. The lowest BCUT2D eigenvalue weighted by molar-refractivity contribution is -0.221. The van der Waals surface area contributed by atoms with Crippen LogP contribution in [0, 0.1) is 0 Å². The lowest BCUT2D eigenvalue weighted by atomic mass is 9.94. The van der Waals surface area contributed by atoms with Crippen LogP contribution in [0.15, 0.2) is 0 Å². The molecular weight excluding hydrogens is 518 g/mol. The summed E-state index contributed by atoms with van der Waals surface area (Å²) < 4.78 is 35.6. The van der Waals surface area contributed by atoms with Crippen molar-refractivity contribution in [3.05, 3.63) is 0 Å². The second-order valence-electron chi connectivity index (χ2n) is 7.68. The third-order valence-electron chi connectivity index (χ3n) is 4.19. The number of hydrogen-bond donors (Lipinski definition) is 1. The lowest BCUT2D eigenvalue weighted by Crippen LogP contribution is -2.61. The first-order valence-corrected chi connectivity index (χ1v) is 10.9. The molecule has 0 rings (SSSR count). The Bertz CT molecular complexity index is 930. The van der Waals surface area contributed by atoms with Gasteiger partial charge in [-0.05, 0) is 0 Å². The number of carbonyl (C=O) groups excluding carboxylic acids is 8. The summed E-state index contributed by atoms with van der Waals surface area (Å²) in [5.74, 6) is -8.55. The monoisotopic (exact) mass is 549 g/mol. The summed E-state index contributed by atoms with van der Waals surface area (Å²) in [6.45, 7) is 5.71. The average Bonchev–Trinajstić information content (AvgIpc) is 2.73. The predicted molar refractivity (Wildman–Crippen MR) is 119 cm³/mol. The maximum atomic E-state index is 12.2. The molecule has 6 atom stereocenters. The SMILES string of the molecule is CC(=O)OCC(OC(C)=O)C(OC(C)=O)C(OC(C)=O)C(OC(C)=O)C(OC(C)=O)C(OC(C)=O)C(N)=O. The predicted octanol–water partition coefficient (Wildman–Crippen LogP) is -1.37. The Hall–Kier alpha value is -4.24. The third-order valence-corrected chi connectivity index (χ3v) is 4.19. The van der Waals surface area contributed by atoms with Gasteiger partial charge in [-0.25, -0.2) is 0 Å². The number of carbonyl (C=O) groups is 8. The van der Waals surface area contributed by atoms with Gasteiger partial charge in [-0.2, -0.15) is 0 Å². The van der Waals surface area contributed by atoms with Crippen molar-refractivity contribution in [1.82, 2.24) is 0 Å². The lowest BCUT2D eigenvalue weighted by Gasteiger charge is -2.39. The van der Waals surface area contributed by atoms with E-state index < -0.39 is 90.9 Å². The van der Waals surface area contributed by atoms with Crippen molar-refractivity contribution in [3.8, 4) is 0 Å². The number of amides is 1. The molecule has 0 aliphatic heterocycles. The summed E-state index contributed by atoms with van der Waals surface area (Å²) in [4.78, 5) is 95.2. The smallest absolute Gasteiger partial charge is 0.303 e. The highest BCUT2D eigenvalue weighted by molar-refractivity contribution is 5.83. The average molecular weight is 549 g/mol. The minimum absolute atomic E-state index is 0.751. The van der Waals surface area contributed by atoms with Crippen molar-refractivity contribution in [3.63, 3.8) is 0 Å². The van der Waals surface area contributed by atoms with Gasteiger partial charge in [-0.15, -0.1) is 0 Å². The quantitative estimate of drug-likeness (QED) is 0.195. The first-order valence-electron chi connectivity index (χ1n) is 10.9. The van der Waals surface area contributed by atoms with E-state index in [2.05, 4.69) is 0 Å². The molecule has 2 N–H and O–H groups in total. The zero-order valence-electron chi connectivity index (χ0n) is 21.9. The second-order valence-corrected chi connectivity index (χ2v) is 7.68. The van der Waals surface area contributed by atoms with Gasteiger partial charge in [-0.1, -0.05) is 0 Å². The van der Waals surface area contributed by atoms with Crippen molar-refractivity contribution < 1.29 is 71.5 Å². The van der Waals surface area contributed by atoms with Crippen LogP contribution >= 0.6 is 0 Å². The normalized spacial score (nSPS) is 15.1. The number of ether oxygens (including phenoxy) is 7. The molecule has 38 heavy (non-hydrogen) atoms. The second kappa shape index (κ2) is 15.8. The summed E-state index contributed by atoms with van der Waals surface area (Å²) in [6, 6.07) is 0. The van der Waals surface area contributed by atoms with E-state index in [9.17, 15) is 38.4 Å². The molecule has 0 aromatic heterocycles. The van der Waals surface area contributed by atoms with Crippen molar-refractivity contribution in [2.45, 2.75) is 85.1 Å². The van der Waals surface area contributed by atoms with E-state index in [1.807, 2.05) is 0 Å². The van der Waals surface area contributed by atoms with Gasteiger partial charge in [0.05, 0.1) is 0 Å². The number of esters is 7. The number of hydrogen-bond acceptors (Lipinski definition) is 15. The number of rotatable bonds is 14. The zero-order chi connectivity index (χ0) is 29.7. The summed E-state index contributed by atoms with van der Waals surface area (Å²) in [5.41, 5.74) is 5.33. The molecule has 6 unspecified atom stereocenters. The maximum Gasteiger partial charge on any atom is 0.303 e. The molecular formula is C22H31NO15. The highest BCUT2D eigenvalue weighted by Gasteiger charge is 2.52. The summed E-state index contributed by atoms with van der Waals surface area (Å²) in [7, 11) is 0. The Morgan fingerprint density at radius 3 is 1.16 bits per heavy atom. The van der Waals surface area contributed by atoms with Crippen molar-refractivity contribution in [2.75, 3.05) is 6.61 Å². The van der Waals surface area contributed by atoms with E-state index in [1.165, 1.54) is 0 Å². The third kappa shape index (κ3) is 12.6. The fourth-order valence-corrected chi connectivity index (χ4v) is 3.14. The van der Waals surface area contributed by atoms with Crippen LogP contribution in [0.3, 0.4) is 0 Å². The van der Waals surface area contributed by atoms with Gasteiger partial charge < -0.3 is 38.9 Å². The maximum absolute atomic E-state index is 12.2. The molecule has 1 amide bonds. The van der Waals surface area contributed by atoms with E-state index in [-0.39, 0.29) is 0 Å². The van der Waals surface area contributed by atoms with Gasteiger partial charge in [0.2, 0.25) is 6.10 Å². The topological polar surface area (TPSA) is 227 Å². The highest BCUT2D eigenvalue weighted by Crippen LogP contribution is 2.26. The molecule has 0 aliphatic carbocycles. The molecule has 0 spiro atoms. The first kappa shape index (κ1) is 33.8. The molecule has 214 valence electrons. The Morgan fingerprint density at radius 2 is 0.816 bits per heavy atom. The van der Waals surface area contributed by atoms with E-state index in [4.69, 9.17) is 38.9 Å². The van der Waals surface area contributed by atoms with Gasteiger partial charge in [0.15, 0.2) is 30.5 Å². The van der Waals surface area contributed by atoms with Crippen LogP contribution in [0.4, 0.5) is 0 Å². The minimum Gasteiger partial charge on any atom is -0.462 e. The molecule has 0 saturated carbocycles. The van der Waals surface area contributed by atoms with Gasteiger partial charge in [-0.3, -0.25) is 38.4 Å². The number of nitrogens with two attached hydrogens (primary N) is 1. The van der Waals surface area contributed by atoms with Crippen LogP contribution in [0.2, 0.25) is 0 Å². The van der Waals surface area contributed by atoms with Crippen LogP contribution in [-0.4, -0.2) is 90.9 Å². The molecule has 0 aromatic carbocycles. The highest BCUT2D eigenvalue weighted by atomic mass is 16.7. The summed E-state index contributed by atoms with van der Waals surface area (Å²) in [5, 5.41) is 0. The molecule has 0 aromatic rings. The first-order chi connectivity index (χ1) is 17.5. The summed E-state index contributed by atoms with van der Waals surface area (Å²) in [6.07, 6.45) is -11.9. The molecule has 16 nitrogen and oxygen atoms in total. The standard InChI is InChI=1S/C22H31NO15/c1-9(24)32-8-16(33-10(2)25)17(34-11(3)26)18(35-12(4)27)19(36-13(5)28)20(37-14(6)29)21(22(23)31)38-15(7)30/h16-21H,8H2,1-7H3,(H2,23,31). The van der Waals surface area contributed by atoms with Crippen LogP contribution in [0.5, 0.6) is 0 Å². The van der Waals surface area contributed by atoms with Crippen LogP contribution in [0.25, 0.3) is 0 Å². The van der Waals surface area contributed by atoms with Gasteiger partial charge in [0.25, 0.3) is 5.91 Å². The molecule has 0 radical (unpaired) electrons. The van der Waals surface area contributed by atoms with E-state index in [0.29, 0.717) is 0 Å². The minimum atomic E-state index is -2.11. The Labute approximate surface area is 217 Å². The fourth-order valence-electron chi connectivity index (χ4n) is 3.14.